The summed E-state index contributed by atoms with van der Waals surface area (Å²) in [4.78, 5) is 34.1. The van der Waals surface area contributed by atoms with E-state index in [1.165, 1.54) is 0 Å². The molecule has 4 rings (SSSR count). The van der Waals surface area contributed by atoms with Crippen LogP contribution in [0.2, 0.25) is 0 Å². The second-order valence-corrected chi connectivity index (χ2v) is 7.42. The van der Waals surface area contributed by atoms with Crippen molar-refractivity contribution in [3.8, 4) is 0 Å². The quantitative estimate of drug-likeness (QED) is 0.774. The summed E-state index contributed by atoms with van der Waals surface area (Å²) in [7, 11) is 1.83. The summed E-state index contributed by atoms with van der Waals surface area (Å²) in [6.07, 6.45) is 2.05. The summed E-state index contributed by atoms with van der Waals surface area (Å²) in [6.45, 7) is 4.20. The van der Waals surface area contributed by atoms with Gasteiger partial charge in [-0.15, -0.1) is 0 Å². The van der Waals surface area contributed by atoms with Gasteiger partial charge in [0.25, 0.3) is 11.1 Å². The first-order valence-corrected chi connectivity index (χ1v) is 9.39. The Morgan fingerprint density at radius 2 is 2.04 bits per heavy atom. The van der Waals surface area contributed by atoms with E-state index in [9.17, 15) is 9.59 Å². The number of para-hydroxylation sites is 1. The van der Waals surface area contributed by atoms with Gasteiger partial charge in [0.2, 0.25) is 0 Å². The van der Waals surface area contributed by atoms with Crippen LogP contribution in [0.25, 0.3) is 10.9 Å². The highest BCUT2D eigenvalue weighted by molar-refractivity contribution is 5.79. The van der Waals surface area contributed by atoms with Gasteiger partial charge in [-0.1, -0.05) is 18.2 Å². The van der Waals surface area contributed by atoms with Gasteiger partial charge in [-0.25, -0.2) is 4.98 Å². The van der Waals surface area contributed by atoms with Gasteiger partial charge in [-0.2, -0.15) is 0 Å². The van der Waals surface area contributed by atoms with E-state index in [1.54, 1.807) is 10.6 Å². The Morgan fingerprint density at radius 3 is 2.85 bits per heavy atom. The van der Waals surface area contributed by atoms with Crippen LogP contribution >= 0.6 is 0 Å². The molecular formula is C21H24N4O2. The van der Waals surface area contributed by atoms with Crippen molar-refractivity contribution in [2.75, 3.05) is 13.1 Å². The molecule has 2 aromatic heterocycles. The second kappa shape index (κ2) is 7.12. The summed E-state index contributed by atoms with van der Waals surface area (Å²) < 4.78 is 1.73. The highest BCUT2D eigenvalue weighted by Crippen LogP contribution is 2.26. The van der Waals surface area contributed by atoms with Gasteiger partial charge in [0.05, 0.1) is 11.2 Å². The van der Waals surface area contributed by atoms with Crippen LogP contribution in [-0.2, 0) is 13.6 Å². The number of aromatic nitrogens is 3. The number of hydrogen-bond acceptors (Lipinski definition) is 4. The molecule has 6 heteroatoms. The monoisotopic (exact) mass is 364 g/mol. The number of H-pyrrole nitrogens is 1. The first-order valence-electron chi connectivity index (χ1n) is 9.39. The fourth-order valence-electron chi connectivity index (χ4n) is 4.10. The smallest absolute Gasteiger partial charge is 0.255 e. The van der Waals surface area contributed by atoms with E-state index in [1.807, 2.05) is 44.3 Å². The van der Waals surface area contributed by atoms with E-state index in [0.29, 0.717) is 12.4 Å². The third-order valence-corrected chi connectivity index (χ3v) is 5.40. The molecule has 140 valence electrons. The zero-order valence-electron chi connectivity index (χ0n) is 15.7. The minimum absolute atomic E-state index is 0.0564. The number of nitrogens with zero attached hydrogens (tertiary/aromatic N) is 3. The lowest BCUT2D eigenvalue weighted by molar-refractivity contribution is 0.197. The second-order valence-electron chi connectivity index (χ2n) is 7.42. The molecule has 1 N–H and O–H groups in total. The number of likely N-dealkylation sites (tertiary alicyclic amines) is 1. The Labute approximate surface area is 157 Å². The molecule has 3 aromatic rings. The Hall–Kier alpha value is -2.73. The summed E-state index contributed by atoms with van der Waals surface area (Å²) in [5.74, 6) is 0.877. The number of aromatic amines is 1. The SMILES string of the molecule is Cc1nc([C@H]2CCCN(Cc3cc4ccccc4n(C)c3=O)C2)cc(=O)[nH]1. The van der Waals surface area contributed by atoms with Gasteiger partial charge in [0, 0.05) is 37.7 Å². The average Bonchev–Trinajstić information content (AvgIpc) is 2.65. The maximum absolute atomic E-state index is 12.8. The largest absolute Gasteiger partial charge is 0.311 e. The molecule has 27 heavy (non-hydrogen) atoms. The number of fused-ring (bicyclic) bond motifs is 1. The summed E-state index contributed by atoms with van der Waals surface area (Å²) in [5, 5.41) is 1.08. The van der Waals surface area contributed by atoms with Gasteiger partial charge in [0.15, 0.2) is 0 Å². The lowest BCUT2D eigenvalue weighted by Gasteiger charge is -2.32. The van der Waals surface area contributed by atoms with Crippen LogP contribution in [0.1, 0.15) is 35.8 Å². The lowest BCUT2D eigenvalue weighted by Crippen LogP contribution is -2.36. The molecule has 0 radical (unpaired) electrons. The van der Waals surface area contributed by atoms with Crippen molar-refractivity contribution in [2.24, 2.45) is 7.05 Å². The molecule has 1 aromatic carbocycles. The lowest BCUT2D eigenvalue weighted by atomic mass is 9.94. The number of rotatable bonds is 3. The number of aryl methyl sites for hydroxylation is 2. The van der Waals surface area contributed by atoms with E-state index in [-0.39, 0.29) is 17.0 Å². The number of piperidine rings is 1. The van der Waals surface area contributed by atoms with Crippen LogP contribution in [0.15, 0.2) is 46.0 Å². The van der Waals surface area contributed by atoms with Gasteiger partial charge < -0.3 is 9.55 Å². The summed E-state index contributed by atoms with van der Waals surface area (Å²) in [5.41, 5.74) is 2.57. The van der Waals surface area contributed by atoms with Crippen molar-refractivity contribution in [1.82, 2.24) is 19.4 Å². The molecule has 1 fully saturated rings. The third-order valence-electron chi connectivity index (χ3n) is 5.40. The van der Waals surface area contributed by atoms with Crippen LogP contribution in [0, 0.1) is 6.92 Å². The Kier molecular flexibility index (Phi) is 4.66. The predicted octanol–water partition coefficient (Wildman–Crippen LogP) is 2.31. The molecule has 1 saturated heterocycles. The van der Waals surface area contributed by atoms with E-state index in [4.69, 9.17) is 0 Å². The molecule has 1 aliphatic heterocycles. The maximum atomic E-state index is 12.8. The van der Waals surface area contributed by atoms with Crippen molar-refractivity contribution >= 4 is 10.9 Å². The van der Waals surface area contributed by atoms with Crippen molar-refractivity contribution in [1.29, 1.82) is 0 Å². The summed E-state index contributed by atoms with van der Waals surface area (Å²) >= 11 is 0. The number of hydrogen-bond donors (Lipinski definition) is 1. The third kappa shape index (κ3) is 3.57. The van der Waals surface area contributed by atoms with Gasteiger partial charge in [-0.05, 0) is 43.8 Å². The topological polar surface area (TPSA) is 71.0 Å². The fourth-order valence-corrected chi connectivity index (χ4v) is 4.10. The van der Waals surface area contributed by atoms with E-state index < -0.39 is 0 Å². The molecule has 0 aliphatic carbocycles. The molecule has 3 heterocycles. The normalized spacial score (nSPS) is 18.1. The zero-order valence-corrected chi connectivity index (χ0v) is 15.7. The number of nitrogens with one attached hydrogen (secondary N) is 1. The molecule has 0 saturated carbocycles. The number of benzene rings is 1. The highest BCUT2D eigenvalue weighted by atomic mass is 16.1. The van der Waals surface area contributed by atoms with Crippen LogP contribution in [0.3, 0.4) is 0 Å². The van der Waals surface area contributed by atoms with E-state index in [2.05, 4.69) is 14.9 Å². The molecule has 0 bridgehead atoms. The van der Waals surface area contributed by atoms with Crippen molar-refractivity contribution in [3.63, 3.8) is 0 Å². The van der Waals surface area contributed by atoms with E-state index >= 15 is 0 Å². The predicted molar refractivity (Wildman–Crippen MR) is 106 cm³/mol. The first kappa shape index (κ1) is 17.7. The van der Waals surface area contributed by atoms with Gasteiger partial charge in [0.1, 0.15) is 5.82 Å². The molecule has 0 amide bonds. The molecule has 1 aliphatic rings. The zero-order chi connectivity index (χ0) is 19.0. The molecular weight excluding hydrogens is 340 g/mol. The first-order chi connectivity index (χ1) is 13.0. The van der Waals surface area contributed by atoms with Crippen LogP contribution < -0.4 is 11.1 Å². The van der Waals surface area contributed by atoms with Gasteiger partial charge >= 0.3 is 0 Å². The van der Waals surface area contributed by atoms with E-state index in [0.717, 1.165) is 48.1 Å². The Morgan fingerprint density at radius 1 is 1.22 bits per heavy atom. The van der Waals surface area contributed by atoms with Crippen LogP contribution in [-0.4, -0.2) is 32.5 Å². The van der Waals surface area contributed by atoms with Crippen molar-refractivity contribution in [3.05, 3.63) is 74.2 Å². The molecule has 6 nitrogen and oxygen atoms in total. The molecule has 0 spiro atoms. The van der Waals surface area contributed by atoms with Crippen molar-refractivity contribution in [2.45, 2.75) is 32.2 Å². The fraction of sp³-hybridized carbons (Fsp3) is 0.381. The molecule has 1 atom stereocenters. The Balaban J connectivity index is 1.59. The Bertz CT molecular complexity index is 1100. The molecule has 0 unspecified atom stereocenters. The number of pyridine rings is 1. The minimum Gasteiger partial charge on any atom is -0.311 e. The van der Waals surface area contributed by atoms with Crippen LogP contribution in [0.4, 0.5) is 0 Å². The highest BCUT2D eigenvalue weighted by Gasteiger charge is 2.24. The summed E-state index contributed by atoms with van der Waals surface area (Å²) in [6, 6.07) is 11.6. The van der Waals surface area contributed by atoms with Gasteiger partial charge in [-0.3, -0.25) is 14.5 Å². The van der Waals surface area contributed by atoms with Crippen molar-refractivity contribution < 1.29 is 0 Å². The average molecular weight is 364 g/mol. The van der Waals surface area contributed by atoms with Crippen LogP contribution in [0.5, 0.6) is 0 Å². The maximum Gasteiger partial charge on any atom is 0.255 e. The standard InChI is InChI=1S/C21H24N4O2/c1-14-22-18(11-20(26)23-14)16-7-5-9-25(12-16)13-17-10-15-6-3-4-8-19(15)24(2)21(17)27/h3-4,6,8,10-11,16H,5,7,9,12-13H2,1-2H3,(H,22,23,26)/t16-/m0/s1. The minimum atomic E-state index is -0.0991.